The first-order valence-electron chi connectivity index (χ1n) is 11.0. The first-order valence-corrected chi connectivity index (χ1v) is 12.3. The van der Waals surface area contributed by atoms with Crippen LogP contribution in [0.1, 0.15) is 104 Å². The van der Waals surface area contributed by atoms with Crippen LogP contribution in [-0.2, 0) is 19.9 Å². The van der Waals surface area contributed by atoms with Gasteiger partial charge < -0.3 is 9.47 Å². The molecule has 0 unspecified atom stereocenters. The summed E-state index contributed by atoms with van der Waals surface area (Å²) >= 11 is 0. The Kier molecular flexibility index (Phi) is 24.0. The van der Waals surface area contributed by atoms with Crippen molar-refractivity contribution in [2.24, 2.45) is 0 Å². The molecule has 0 saturated carbocycles. The van der Waals surface area contributed by atoms with E-state index in [9.17, 15) is 4.79 Å². The Hall–Kier alpha value is -1.12. The minimum atomic E-state index is -4.67. The third kappa shape index (κ3) is 38.2. The minimum Gasteiger partial charge on any atom is -0.435 e. The summed E-state index contributed by atoms with van der Waals surface area (Å²) in [5, 5.41) is 0. The zero-order valence-electron chi connectivity index (χ0n) is 18.3. The Labute approximate surface area is 177 Å². The number of rotatable bonds is 17. The SMILES string of the molecule is CCCCCCCCC=CCCCCCCCCOC(=O)OCC.O=S(=O)(O)O. The lowest BCUT2D eigenvalue weighted by molar-refractivity contribution is 0.0578. The maximum absolute atomic E-state index is 11.0. The maximum atomic E-state index is 11.0. The lowest BCUT2D eigenvalue weighted by Gasteiger charge is -2.04. The normalized spacial score (nSPS) is 11.2. The number of hydrogen-bond donors (Lipinski definition) is 2. The van der Waals surface area contributed by atoms with Crippen LogP contribution in [0.5, 0.6) is 0 Å². The molecule has 0 aromatic rings. The summed E-state index contributed by atoms with van der Waals surface area (Å²) in [7, 11) is -4.67. The fourth-order valence-electron chi connectivity index (χ4n) is 2.66. The van der Waals surface area contributed by atoms with Crippen molar-refractivity contribution in [1.82, 2.24) is 0 Å². The van der Waals surface area contributed by atoms with E-state index in [1.165, 1.54) is 77.0 Å². The quantitative estimate of drug-likeness (QED) is 0.115. The van der Waals surface area contributed by atoms with Crippen molar-refractivity contribution in [3.63, 3.8) is 0 Å². The summed E-state index contributed by atoms with van der Waals surface area (Å²) < 4.78 is 41.2. The molecule has 8 heteroatoms. The highest BCUT2D eigenvalue weighted by Crippen LogP contribution is 2.10. The van der Waals surface area contributed by atoms with Crippen molar-refractivity contribution >= 4 is 16.6 Å². The second-order valence-corrected chi connectivity index (χ2v) is 7.81. The summed E-state index contributed by atoms with van der Waals surface area (Å²) in [6, 6.07) is 0. The van der Waals surface area contributed by atoms with Crippen molar-refractivity contribution in [2.75, 3.05) is 13.2 Å². The van der Waals surface area contributed by atoms with E-state index in [-0.39, 0.29) is 0 Å². The van der Waals surface area contributed by atoms with E-state index in [2.05, 4.69) is 19.1 Å². The summed E-state index contributed by atoms with van der Waals surface area (Å²) in [6.07, 6.45) is 22.2. The molecule has 0 atom stereocenters. The fourth-order valence-corrected chi connectivity index (χ4v) is 2.66. The summed E-state index contributed by atoms with van der Waals surface area (Å²) in [6.45, 7) is 4.92. The van der Waals surface area contributed by atoms with E-state index in [1.54, 1.807) is 6.92 Å². The molecular weight excluding hydrogens is 396 g/mol. The van der Waals surface area contributed by atoms with Crippen molar-refractivity contribution in [3.8, 4) is 0 Å². The van der Waals surface area contributed by atoms with Gasteiger partial charge in [-0.3, -0.25) is 9.11 Å². The first kappa shape index (κ1) is 30.1. The minimum absolute atomic E-state index is 0.381. The molecule has 0 aliphatic rings. The van der Waals surface area contributed by atoms with Crippen LogP contribution in [0.15, 0.2) is 12.2 Å². The van der Waals surface area contributed by atoms with Gasteiger partial charge in [-0.25, -0.2) is 4.79 Å². The van der Waals surface area contributed by atoms with Gasteiger partial charge in [0, 0.05) is 0 Å². The fraction of sp³-hybridized carbons (Fsp3) is 0.857. The molecule has 0 aromatic heterocycles. The Bertz CT molecular complexity index is 467. The topological polar surface area (TPSA) is 110 Å². The number of carbonyl (C=O) groups is 1. The molecular formula is C21H42O7S. The second-order valence-electron chi connectivity index (χ2n) is 6.92. The van der Waals surface area contributed by atoms with Crippen molar-refractivity contribution in [1.29, 1.82) is 0 Å². The Balaban J connectivity index is 0. The first-order chi connectivity index (χ1) is 13.8. The zero-order chi connectivity index (χ0) is 22.2. The van der Waals surface area contributed by atoms with Gasteiger partial charge in [0.25, 0.3) is 0 Å². The highest BCUT2D eigenvalue weighted by atomic mass is 32.3. The monoisotopic (exact) mass is 438 g/mol. The summed E-state index contributed by atoms with van der Waals surface area (Å²) in [5.74, 6) is 0. The lowest BCUT2D eigenvalue weighted by atomic mass is 10.1. The Morgan fingerprint density at radius 2 is 1.14 bits per heavy atom. The average Bonchev–Trinajstić information content (AvgIpc) is 2.63. The van der Waals surface area contributed by atoms with E-state index < -0.39 is 16.6 Å². The van der Waals surface area contributed by atoms with Crippen molar-refractivity contribution < 1.29 is 31.8 Å². The molecule has 0 saturated heterocycles. The zero-order valence-corrected chi connectivity index (χ0v) is 19.1. The number of ether oxygens (including phenoxy) is 2. The summed E-state index contributed by atoms with van der Waals surface area (Å²) in [4.78, 5) is 11.0. The number of unbranched alkanes of at least 4 members (excludes halogenated alkanes) is 12. The van der Waals surface area contributed by atoms with E-state index in [0.717, 1.165) is 12.8 Å². The van der Waals surface area contributed by atoms with Crippen LogP contribution in [0, 0.1) is 0 Å². The van der Waals surface area contributed by atoms with Crippen LogP contribution < -0.4 is 0 Å². The molecule has 0 aliphatic carbocycles. The number of carbonyl (C=O) groups excluding carboxylic acids is 1. The van der Waals surface area contributed by atoms with Gasteiger partial charge in [0.2, 0.25) is 0 Å². The Morgan fingerprint density at radius 1 is 0.724 bits per heavy atom. The van der Waals surface area contributed by atoms with E-state index >= 15 is 0 Å². The number of allylic oxidation sites excluding steroid dienone is 2. The van der Waals surface area contributed by atoms with Gasteiger partial charge in [0.05, 0.1) is 13.2 Å². The molecule has 7 nitrogen and oxygen atoms in total. The molecule has 0 fully saturated rings. The van der Waals surface area contributed by atoms with E-state index in [4.69, 9.17) is 27.0 Å². The van der Waals surface area contributed by atoms with Gasteiger partial charge in [-0.1, -0.05) is 76.9 Å². The van der Waals surface area contributed by atoms with Gasteiger partial charge >= 0.3 is 16.6 Å². The van der Waals surface area contributed by atoms with Gasteiger partial charge in [-0.2, -0.15) is 8.42 Å². The molecule has 0 spiro atoms. The Morgan fingerprint density at radius 3 is 1.59 bits per heavy atom. The lowest BCUT2D eigenvalue weighted by Crippen LogP contribution is -2.07. The molecule has 29 heavy (non-hydrogen) atoms. The van der Waals surface area contributed by atoms with Crippen LogP contribution in [0.2, 0.25) is 0 Å². The van der Waals surface area contributed by atoms with Gasteiger partial charge in [0.1, 0.15) is 0 Å². The maximum Gasteiger partial charge on any atom is 0.508 e. The standard InChI is InChI=1S/C21H40O3.H2O4S/c1-3-5-6-7-8-9-10-11-12-13-14-15-16-17-18-19-20-24-21(22)23-4-2;1-5(2,3)4/h11-12H,3-10,13-20H2,1-2H3;(H2,1,2,3,4). The van der Waals surface area contributed by atoms with E-state index in [1.807, 2.05) is 0 Å². The van der Waals surface area contributed by atoms with E-state index in [0.29, 0.717) is 13.2 Å². The van der Waals surface area contributed by atoms with Gasteiger partial charge in [-0.05, 0) is 39.0 Å². The summed E-state index contributed by atoms with van der Waals surface area (Å²) in [5.41, 5.74) is 0. The largest absolute Gasteiger partial charge is 0.508 e. The third-order valence-corrected chi connectivity index (χ3v) is 4.14. The van der Waals surface area contributed by atoms with Gasteiger partial charge in [-0.15, -0.1) is 0 Å². The molecule has 0 radical (unpaired) electrons. The van der Waals surface area contributed by atoms with Crippen LogP contribution in [-0.4, -0.2) is 36.9 Å². The van der Waals surface area contributed by atoms with Crippen LogP contribution in [0.4, 0.5) is 4.79 Å². The predicted octanol–water partition coefficient (Wildman–Crippen LogP) is 6.54. The van der Waals surface area contributed by atoms with Crippen LogP contribution in [0.25, 0.3) is 0 Å². The van der Waals surface area contributed by atoms with Crippen LogP contribution >= 0.6 is 0 Å². The highest BCUT2D eigenvalue weighted by Gasteiger charge is 2.00. The molecule has 0 amide bonds. The smallest absolute Gasteiger partial charge is 0.435 e. The average molecular weight is 439 g/mol. The molecule has 0 aromatic carbocycles. The van der Waals surface area contributed by atoms with Crippen molar-refractivity contribution in [3.05, 3.63) is 12.2 Å². The molecule has 0 bridgehead atoms. The molecule has 0 heterocycles. The highest BCUT2D eigenvalue weighted by molar-refractivity contribution is 7.79. The molecule has 0 rings (SSSR count). The van der Waals surface area contributed by atoms with Gasteiger partial charge in [0.15, 0.2) is 0 Å². The van der Waals surface area contributed by atoms with Crippen LogP contribution in [0.3, 0.4) is 0 Å². The van der Waals surface area contributed by atoms with Crippen molar-refractivity contribution in [2.45, 2.75) is 104 Å². The molecule has 0 aliphatic heterocycles. The third-order valence-electron chi connectivity index (χ3n) is 4.14. The number of hydrogen-bond acceptors (Lipinski definition) is 5. The molecule has 174 valence electrons. The second kappa shape index (κ2) is 23.2. The predicted molar refractivity (Wildman–Crippen MR) is 117 cm³/mol. The molecule has 2 N–H and O–H groups in total.